The van der Waals surface area contributed by atoms with Gasteiger partial charge in [-0.15, -0.1) is 0 Å². The second-order valence-corrected chi connectivity index (χ2v) is 4.58. The van der Waals surface area contributed by atoms with E-state index in [9.17, 15) is 0 Å². The minimum Gasteiger partial charge on any atom is -0.336 e. The third kappa shape index (κ3) is 5.23. The van der Waals surface area contributed by atoms with Crippen molar-refractivity contribution in [2.24, 2.45) is 0 Å². The fourth-order valence-electron chi connectivity index (χ4n) is 1.37. The van der Waals surface area contributed by atoms with Crippen LogP contribution in [0.1, 0.15) is 19.0 Å². The van der Waals surface area contributed by atoms with Gasteiger partial charge in [-0.3, -0.25) is 0 Å². The molecule has 0 radical (unpaired) electrons. The SMILES string of the molecule is CCCNCCc1cn(CCSC)cn1. The van der Waals surface area contributed by atoms with Gasteiger partial charge in [-0.25, -0.2) is 4.98 Å². The lowest BCUT2D eigenvalue weighted by Crippen LogP contribution is -2.17. The van der Waals surface area contributed by atoms with Gasteiger partial charge in [-0.05, 0) is 19.2 Å². The summed E-state index contributed by atoms with van der Waals surface area (Å²) in [5, 5.41) is 3.38. The Balaban J connectivity index is 2.20. The molecule has 0 aromatic carbocycles. The van der Waals surface area contributed by atoms with Crippen molar-refractivity contribution in [3.05, 3.63) is 18.2 Å². The first kappa shape index (κ1) is 12.6. The van der Waals surface area contributed by atoms with Crippen LogP contribution in [0.25, 0.3) is 0 Å². The third-order valence-electron chi connectivity index (χ3n) is 2.23. The fourth-order valence-corrected chi connectivity index (χ4v) is 1.77. The third-order valence-corrected chi connectivity index (χ3v) is 2.82. The Bertz CT molecular complexity index is 260. The van der Waals surface area contributed by atoms with Gasteiger partial charge in [0.15, 0.2) is 0 Å². The van der Waals surface area contributed by atoms with Crippen LogP contribution < -0.4 is 5.32 Å². The summed E-state index contributed by atoms with van der Waals surface area (Å²) in [7, 11) is 0. The standard InChI is InChI=1S/C11H21N3S/c1-3-5-12-6-4-11-9-14(10-13-11)7-8-15-2/h9-10,12H,3-8H2,1-2H3. The number of nitrogens with zero attached hydrogens (tertiary/aromatic N) is 2. The molecule has 0 aliphatic carbocycles. The molecule has 0 unspecified atom stereocenters. The van der Waals surface area contributed by atoms with Crippen LogP contribution in [0.5, 0.6) is 0 Å². The van der Waals surface area contributed by atoms with Crippen LogP contribution in [0.15, 0.2) is 12.5 Å². The van der Waals surface area contributed by atoms with E-state index in [-0.39, 0.29) is 0 Å². The Hall–Kier alpha value is -0.480. The highest BCUT2D eigenvalue weighted by Crippen LogP contribution is 1.99. The van der Waals surface area contributed by atoms with E-state index in [1.165, 1.54) is 12.1 Å². The normalized spacial score (nSPS) is 10.8. The van der Waals surface area contributed by atoms with E-state index >= 15 is 0 Å². The minimum absolute atomic E-state index is 1.03. The highest BCUT2D eigenvalue weighted by molar-refractivity contribution is 7.98. The smallest absolute Gasteiger partial charge is 0.0949 e. The zero-order valence-electron chi connectivity index (χ0n) is 9.70. The van der Waals surface area contributed by atoms with E-state index < -0.39 is 0 Å². The van der Waals surface area contributed by atoms with Crippen molar-refractivity contribution >= 4 is 11.8 Å². The summed E-state index contributed by atoms with van der Waals surface area (Å²) >= 11 is 1.87. The molecule has 15 heavy (non-hydrogen) atoms. The summed E-state index contributed by atoms with van der Waals surface area (Å²) in [4.78, 5) is 4.38. The van der Waals surface area contributed by atoms with Crippen LogP contribution in [-0.2, 0) is 13.0 Å². The summed E-state index contributed by atoms with van der Waals surface area (Å²) in [5.74, 6) is 1.16. The van der Waals surface area contributed by atoms with Gasteiger partial charge in [-0.2, -0.15) is 11.8 Å². The lowest BCUT2D eigenvalue weighted by atomic mass is 10.3. The van der Waals surface area contributed by atoms with Crippen molar-refractivity contribution in [2.45, 2.75) is 26.3 Å². The molecule has 0 saturated carbocycles. The molecule has 1 aromatic rings. The molecular weight excluding hydrogens is 206 g/mol. The Morgan fingerprint density at radius 1 is 1.47 bits per heavy atom. The first-order valence-corrected chi connectivity index (χ1v) is 6.96. The largest absolute Gasteiger partial charge is 0.336 e. The van der Waals surface area contributed by atoms with Crippen molar-refractivity contribution in [1.29, 1.82) is 0 Å². The number of hydrogen-bond acceptors (Lipinski definition) is 3. The van der Waals surface area contributed by atoms with Gasteiger partial charge in [0, 0.05) is 31.5 Å². The van der Waals surface area contributed by atoms with Gasteiger partial charge in [0.2, 0.25) is 0 Å². The van der Waals surface area contributed by atoms with Gasteiger partial charge in [0.05, 0.1) is 12.0 Å². The summed E-state index contributed by atoms with van der Waals surface area (Å²) < 4.78 is 2.17. The zero-order valence-corrected chi connectivity index (χ0v) is 10.5. The molecule has 0 bridgehead atoms. The average molecular weight is 227 g/mol. The number of rotatable bonds is 8. The summed E-state index contributed by atoms with van der Waals surface area (Å²) in [6, 6.07) is 0. The molecule has 0 aliphatic heterocycles. The first-order chi connectivity index (χ1) is 7.36. The molecule has 4 heteroatoms. The highest BCUT2D eigenvalue weighted by atomic mass is 32.2. The van der Waals surface area contributed by atoms with Crippen molar-refractivity contribution < 1.29 is 0 Å². The van der Waals surface area contributed by atoms with E-state index in [0.29, 0.717) is 0 Å². The number of thioether (sulfide) groups is 1. The number of nitrogens with one attached hydrogen (secondary N) is 1. The molecule has 0 saturated heterocycles. The molecule has 1 rings (SSSR count). The predicted molar refractivity (Wildman–Crippen MR) is 67.5 cm³/mol. The number of hydrogen-bond donors (Lipinski definition) is 1. The summed E-state index contributed by atoms with van der Waals surface area (Å²) in [6.45, 7) is 5.39. The lowest BCUT2D eigenvalue weighted by Gasteiger charge is -2.00. The van der Waals surface area contributed by atoms with Crippen molar-refractivity contribution in [3.8, 4) is 0 Å². The number of aromatic nitrogens is 2. The maximum Gasteiger partial charge on any atom is 0.0949 e. The fraction of sp³-hybridized carbons (Fsp3) is 0.727. The molecule has 86 valence electrons. The Morgan fingerprint density at radius 2 is 2.33 bits per heavy atom. The summed E-state index contributed by atoms with van der Waals surface area (Å²) in [5.41, 5.74) is 1.19. The van der Waals surface area contributed by atoms with Gasteiger partial charge in [-0.1, -0.05) is 6.92 Å². The second-order valence-electron chi connectivity index (χ2n) is 3.60. The minimum atomic E-state index is 1.03. The zero-order chi connectivity index (χ0) is 10.9. The predicted octanol–water partition coefficient (Wildman–Crippen LogP) is 1.79. The van der Waals surface area contributed by atoms with Gasteiger partial charge < -0.3 is 9.88 Å². The molecule has 0 aliphatic rings. The molecule has 0 amide bonds. The quantitative estimate of drug-likeness (QED) is 0.687. The molecule has 1 N–H and O–H groups in total. The van der Waals surface area contributed by atoms with Crippen LogP contribution in [0.4, 0.5) is 0 Å². The van der Waals surface area contributed by atoms with E-state index in [1.807, 2.05) is 18.1 Å². The summed E-state index contributed by atoms with van der Waals surface area (Å²) in [6.07, 6.45) is 8.45. The average Bonchev–Trinajstić information content (AvgIpc) is 2.69. The van der Waals surface area contributed by atoms with E-state index in [2.05, 4.69) is 34.2 Å². The van der Waals surface area contributed by atoms with Gasteiger partial charge in [0.1, 0.15) is 0 Å². The Labute approximate surface area is 96.7 Å². The maximum atomic E-state index is 4.38. The van der Waals surface area contributed by atoms with Gasteiger partial charge >= 0.3 is 0 Å². The van der Waals surface area contributed by atoms with Crippen molar-refractivity contribution in [1.82, 2.24) is 14.9 Å². The maximum absolute atomic E-state index is 4.38. The van der Waals surface area contributed by atoms with Crippen LogP contribution in [0, 0.1) is 0 Å². The molecule has 0 atom stereocenters. The van der Waals surface area contributed by atoms with E-state index in [1.54, 1.807) is 0 Å². The molecule has 3 nitrogen and oxygen atoms in total. The van der Waals surface area contributed by atoms with E-state index in [4.69, 9.17) is 0 Å². The molecule has 0 fully saturated rings. The van der Waals surface area contributed by atoms with Gasteiger partial charge in [0.25, 0.3) is 0 Å². The Kier molecular flexibility index (Phi) is 6.52. The van der Waals surface area contributed by atoms with Crippen molar-refractivity contribution in [3.63, 3.8) is 0 Å². The molecule has 0 spiro atoms. The Morgan fingerprint density at radius 3 is 3.07 bits per heavy atom. The van der Waals surface area contributed by atoms with Crippen LogP contribution in [0.2, 0.25) is 0 Å². The highest BCUT2D eigenvalue weighted by Gasteiger charge is 1.97. The lowest BCUT2D eigenvalue weighted by molar-refractivity contribution is 0.666. The molecule has 1 heterocycles. The van der Waals surface area contributed by atoms with Crippen LogP contribution in [0.3, 0.4) is 0 Å². The van der Waals surface area contributed by atoms with E-state index in [0.717, 1.165) is 31.8 Å². The monoisotopic (exact) mass is 227 g/mol. The first-order valence-electron chi connectivity index (χ1n) is 5.57. The second kappa shape index (κ2) is 7.77. The number of aryl methyl sites for hydroxylation is 1. The van der Waals surface area contributed by atoms with Crippen molar-refractivity contribution in [2.75, 3.05) is 25.1 Å². The van der Waals surface area contributed by atoms with Crippen LogP contribution >= 0.6 is 11.8 Å². The number of imidazole rings is 1. The van der Waals surface area contributed by atoms with Crippen LogP contribution in [-0.4, -0.2) is 34.6 Å². The molecule has 1 aromatic heterocycles. The molecular formula is C11H21N3S. The topological polar surface area (TPSA) is 29.9 Å².